The summed E-state index contributed by atoms with van der Waals surface area (Å²) < 4.78 is 0. The number of nitrogens with zero attached hydrogens (tertiary/aromatic N) is 1. The maximum atomic E-state index is 12.0. The molecule has 0 spiro atoms. The molecule has 22 heavy (non-hydrogen) atoms. The van der Waals surface area contributed by atoms with Crippen molar-refractivity contribution in [1.82, 2.24) is 5.32 Å². The Balaban J connectivity index is 1.71. The number of nitrogens with one attached hydrogen (secondary N) is 1. The number of hydrogen-bond acceptors (Lipinski definition) is 4. The second-order valence-electron chi connectivity index (χ2n) is 5.85. The first-order chi connectivity index (χ1) is 10.6. The first-order valence-corrected chi connectivity index (χ1v) is 8.82. The van der Waals surface area contributed by atoms with E-state index in [1.807, 2.05) is 0 Å². The van der Waals surface area contributed by atoms with E-state index in [-0.39, 0.29) is 11.6 Å². The van der Waals surface area contributed by atoms with E-state index in [9.17, 15) is 14.9 Å². The van der Waals surface area contributed by atoms with Crippen molar-refractivity contribution >= 4 is 23.4 Å². The minimum Gasteiger partial charge on any atom is -0.352 e. The zero-order chi connectivity index (χ0) is 15.9. The molecular weight excluding hydrogens is 300 g/mol. The number of nitro groups is 1. The molecule has 1 N–H and O–H groups in total. The average Bonchev–Trinajstić information content (AvgIpc) is 2.50. The summed E-state index contributed by atoms with van der Waals surface area (Å²) in [7, 11) is 0. The number of rotatable bonds is 6. The van der Waals surface area contributed by atoms with Crippen LogP contribution in [0.3, 0.4) is 0 Å². The Labute approximate surface area is 135 Å². The summed E-state index contributed by atoms with van der Waals surface area (Å²) >= 11 is 1.54. The molecule has 0 radical (unpaired) electrons. The fourth-order valence-electron chi connectivity index (χ4n) is 2.75. The number of benzene rings is 1. The van der Waals surface area contributed by atoms with Crippen molar-refractivity contribution in [2.75, 3.05) is 5.75 Å². The van der Waals surface area contributed by atoms with Crippen LogP contribution < -0.4 is 5.32 Å². The Morgan fingerprint density at radius 1 is 1.32 bits per heavy atom. The monoisotopic (exact) mass is 322 g/mol. The molecule has 0 aliphatic heterocycles. The molecule has 0 bridgehead atoms. The summed E-state index contributed by atoms with van der Waals surface area (Å²) in [6.45, 7) is 2.20. The molecule has 1 saturated carbocycles. The first-order valence-electron chi connectivity index (χ1n) is 7.66. The van der Waals surface area contributed by atoms with Gasteiger partial charge in [0.2, 0.25) is 5.91 Å². The third-order valence-electron chi connectivity index (χ3n) is 4.11. The van der Waals surface area contributed by atoms with Crippen LogP contribution in [0.1, 0.15) is 38.2 Å². The van der Waals surface area contributed by atoms with Gasteiger partial charge in [0.25, 0.3) is 5.69 Å². The minimum absolute atomic E-state index is 0.0886. The summed E-state index contributed by atoms with van der Waals surface area (Å²) in [6, 6.07) is 6.80. The molecule has 120 valence electrons. The highest BCUT2D eigenvalue weighted by Crippen LogP contribution is 2.24. The van der Waals surface area contributed by atoms with E-state index >= 15 is 0 Å². The molecule has 5 nitrogen and oxygen atoms in total. The van der Waals surface area contributed by atoms with Crippen molar-refractivity contribution in [1.29, 1.82) is 0 Å². The van der Waals surface area contributed by atoms with Gasteiger partial charge >= 0.3 is 0 Å². The molecule has 1 aromatic rings. The molecule has 6 heteroatoms. The van der Waals surface area contributed by atoms with Gasteiger partial charge in [-0.3, -0.25) is 14.9 Å². The Bertz CT molecular complexity index is 519. The normalized spacial score (nSPS) is 21.3. The Kier molecular flexibility index (Phi) is 6.24. The van der Waals surface area contributed by atoms with Gasteiger partial charge in [0.1, 0.15) is 0 Å². The van der Waals surface area contributed by atoms with Crippen LogP contribution in [-0.4, -0.2) is 22.6 Å². The van der Waals surface area contributed by atoms with Crippen LogP contribution in [0, 0.1) is 16.0 Å². The second kappa shape index (κ2) is 8.17. The van der Waals surface area contributed by atoms with E-state index in [1.54, 1.807) is 12.1 Å². The van der Waals surface area contributed by atoms with Crippen molar-refractivity contribution in [3.63, 3.8) is 0 Å². The van der Waals surface area contributed by atoms with Crippen molar-refractivity contribution in [3.05, 3.63) is 39.9 Å². The van der Waals surface area contributed by atoms with Gasteiger partial charge in [-0.1, -0.05) is 31.9 Å². The number of non-ortho nitro benzene ring substituents is 1. The quantitative estimate of drug-likeness (QED) is 0.642. The summed E-state index contributed by atoms with van der Waals surface area (Å²) in [4.78, 5) is 22.1. The lowest BCUT2D eigenvalue weighted by Gasteiger charge is -2.29. The molecule has 1 aliphatic rings. The van der Waals surface area contributed by atoms with E-state index in [1.165, 1.54) is 43.2 Å². The fraction of sp³-hybridized carbons (Fsp3) is 0.562. The van der Waals surface area contributed by atoms with Crippen LogP contribution in [0.25, 0.3) is 0 Å². The van der Waals surface area contributed by atoms with E-state index in [4.69, 9.17) is 0 Å². The number of thioether (sulfide) groups is 1. The third kappa shape index (κ3) is 5.02. The Morgan fingerprint density at radius 3 is 2.64 bits per heavy atom. The molecule has 1 aromatic carbocycles. The topological polar surface area (TPSA) is 72.2 Å². The molecule has 0 unspecified atom stereocenters. The van der Waals surface area contributed by atoms with Crippen LogP contribution in [0.15, 0.2) is 24.3 Å². The van der Waals surface area contributed by atoms with Gasteiger partial charge in [0.05, 0.1) is 10.7 Å². The van der Waals surface area contributed by atoms with Crippen molar-refractivity contribution in [3.8, 4) is 0 Å². The maximum Gasteiger partial charge on any atom is 0.269 e. The zero-order valence-corrected chi connectivity index (χ0v) is 13.6. The van der Waals surface area contributed by atoms with Crippen LogP contribution >= 0.6 is 11.8 Å². The summed E-state index contributed by atoms with van der Waals surface area (Å²) in [6.07, 6.45) is 4.74. The predicted octanol–water partition coefficient (Wildman–Crippen LogP) is 3.52. The predicted molar refractivity (Wildman–Crippen MR) is 88.8 cm³/mol. The van der Waals surface area contributed by atoms with E-state index in [0.717, 1.165) is 12.0 Å². The lowest BCUT2D eigenvalue weighted by Crippen LogP contribution is -2.41. The van der Waals surface area contributed by atoms with Gasteiger partial charge < -0.3 is 5.32 Å². The highest BCUT2D eigenvalue weighted by Gasteiger charge is 2.22. The van der Waals surface area contributed by atoms with Crippen LogP contribution in [0.2, 0.25) is 0 Å². The van der Waals surface area contributed by atoms with Crippen LogP contribution in [0.4, 0.5) is 5.69 Å². The largest absolute Gasteiger partial charge is 0.352 e. The molecule has 2 rings (SSSR count). The molecular formula is C16H22N2O3S. The smallest absolute Gasteiger partial charge is 0.269 e. The Morgan fingerprint density at radius 2 is 2.00 bits per heavy atom. The summed E-state index contributed by atoms with van der Waals surface area (Å²) in [5.41, 5.74) is 1.09. The second-order valence-corrected chi connectivity index (χ2v) is 6.84. The maximum absolute atomic E-state index is 12.0. The SMILES string of the molecule is C[C@@H]1CCCC[C@H]1NC(=O)CSCc1ccc([N+](=O)[O-])cc1. The number of nitro benzene ring substituents is 1. The number of carbonyl (C=O) groups is 1. The van der Waals surface area contributed by atoms with Crippen LogP contribution in [-0.2, 0) is 10.5 Å². The molecule has 1 fully saturated rings. The Hall–Kier alpha value is -1.56. The van der Waals surface area contributed by atoms with Gasteiger partial charge in [-0.25, -0.2) is 0 Å². The average molecular weight is 322 g/mol. The van der Waals surface area contributed by atoms with Gasteiger partial charge in [-0.05, 0) is 24.3 Å². The third-order valence-corrected chi connectivity index (χ3v) is 5.11. The van der Waals surface area contributed by atoms with Gasteiger partial charge in [-0.15, -0.1) is 11.8 Å². The van der Waals surface area contributed by atoms with Crippen molar-refractivity contribution in [2.24, 2.45) is 5.92 Å². The molecule has 2 atom stereocenters. The van der Waals surface area contributed by atoms with E-state index in [2.05, 4.69) is 12.2 Å². The summed E-state index contributed by atoms with van der Waals surface area (Å²) in [5, 5.41) is 13.7. The highest BCUT2D eigenvalue weighted by atomic mass is 32.2. The lowest BCUT2D eigenvalue weighted by atomic mass is 9.86. The highest BCUT2D eigenvalue weighted by molar-refractivity contribution is 7.99. The van der Waals surface area contributed by atoms with Crippen molar-refractivity contribution < 1.29 is 9.72 Å². The summed E-state index contributed by atoms with van der Waals surface area (Å²) in [5.74, 6) is 1.77. The molecule has 0 saturated heterocycles. The minimum atomic E-state index is -0.407. The number of amides is 1. The zero-order valence-electron chi connectivity index (χ0n) is 12.8. The van der Waals surface area contributed by atoms with Gasteiger partial charge in [0.15, 0.2) is 0 Å². The van der Waals surface area contributed by atoms with E-state index < -0.39 is 4.92 Å². The molecule has 1 aliphatic carbocycles. The number of carbonyl (C=O) groups excluding carboxylic acids is 1. The van der Waals surface area contributed by atoms with Crippen molar-refractivity contribution in [2.45, 2.75) is 44.4 Å². The first kappa shape index (κ1) is 16.8. The van der Waals surface area contributed by atoms with E-state index in [0.29, 0.717) is 23.5 Å². The molecule has 1 amide bonds. The number of hydrogen-bond donors (Lipinski definition) is 1. The fourth-order valence-corrected chi connectivity index (χ4v) is 3.55. The van der Waals surface area contributed by atoms with Gasteiger partial charge in [-0.2, -0.15) is 0 Å². The lowest BCUT2D eigenvalue weighted by molar-refractivity contribution is -0.384. The standard InChI is InChI=1S/C16H22N2O3S/c1-12-4-2-3-5-15(12)17-16(19)11-22-10-13-6-8-14(9-7-13)18(20)21/h6-9,12,15H,2-5,10-11H2,1H3,(H,17,19)/t12-,15-/m1/s1. The molecule has 0 heterocycles. The van der Waals surface area contributed by atoms with Gasteiger partial charge in [0, 0.05) is 23.9 Å². The van der Waals surface area contributed by atoms with Crippen LogP contribution in [0.5, 0.6) is 0 Å². The molecule has 0 aromatic heterocycles.